The molecule has 0 heterocycles. The SMILES string of the molecule is CCc1ccccc1NC(=O)c1ccc(SCc2ccc(OC)cc2)c([N+](=O)[O-])c1. The van der Waals surface area contributed by atoms with Crippen molar-refractivity contribution in [1.29, 1.82) is 0 Å². The van der Waals surface area contributed by atoms with Crippen molar-refractivity contribution in [1.82, 2.24) is 0 Å². The van der Waals surface area contributed by atoms with E-state index in [0.29, 0.717) is 16.3 Å². The molecule has 1 N–H and O–H groups in total. The summed E-state index contributed by atoms with van der Waals surface area (Å²) >= 11 is 1.36. The van der Waals surface area contributed by atoms with E-state index in [1.165, 1.54) is 17.8 Å². The Balaban J connectivity index is 1.77. The number of ether oxygens (including phenoxy) is 1. The van der Waals surface area contributed by atoms with E-state index >= 15 is 0 Å². The Morgan fingerprint density at radius 2 is 1.83 bits per heavy atom. The van der Waals surface area contributed by atoms with Gasteiger partial charge in [-0.2, -0.15) is 0 Å². The quantitative estimate of drug-likeness (QED) is 0.286. The highest BCUT2D eigenvalue weighted by Crippen LogP contribution is 2.33. The van der Waals surface area contributed by atoms with Gasteiger partial charge in [0.1, 0.15) is 5.75 Å². The molecule has 3 aromatic carbocycles. The summed E-state index contributed by atoms with van der Waals surface area (Å²) in [6.07, 6.45) is 0.775. The Morgan fingerprint density at radius 1 is 1.10 bits per heavy atom. The number of anilines is 1. The van der Waals surface area contributed by atoms with Crippen molar-refractivity contribution >= 4 is 29.0 Å². The van der Waals surface area contributed by atoms with Gasteiger partial charge in [0.05, 0.1) is 16.9 Å². The summed E-state index contributed by atoms with van der Waals surface area (Å²) < 4.78 is 5.14. The number of amides is 1. The lowest BCUT2D eigenvalue weighted by Gasteiger charge is -2.10. The zero-order chi connectivity index (χ0) is 21.5. The number of thioether (sulfide) groups is 1. The van der Waals surface area contributed by atoms with Gasteiger partial charge in [-0.1, -0.05) is 37.3 Å². The minimum Gasteiger partial charge on any atom is -0.497 e. The number of methoxy groups -OCH3 is 1. The smallest absolute Gasteiger partial charge is 0.283 e. The average molecular weight is 423 g/mol. The van der Waals surface area contributed by atoms with Crippen molar-refractivity contribution in [3.8, 4) is 5.75 Å². The van der Waals surface area contributed by atoms with Crippen molar-refractivity contribution in [3.05, 3.63) is 93.5 Å². The highest BCUT2D eigenvalue weighted by atomic mass is 32.2. The Morgan fingerprint density at radius 3 is 2.50 bits per heavy atom. The maximum Gasteiger partial charge on any atom is 0.283 e. The number of aryl methyl sites for hydroxylation is 1. The molecule has 0 aliphatic rings. The van der Waals surface area contributed by atoms with Crippen LogP contribution < -0.4 is 10.1 Å². The largest absolute Gasteiger partial charge is 0.497 e. The number of nitrogens with zero attached hydrogens (tertiary/aromatic N) is 1. The van der Waals surface area contributed by atoms with Crippen molar-refractivity contribution in [2.24, 2.45) is 0 Å². The number of benzene rings is 3. The number of hydrogen-bond acceptors (Lipinski definition) is 5. The lowest BCUT2D eigenvalue weighted by atomic mass is 10.1. The summed E-state index contributed by atoms with van der Waals surface area (Å²) in [4.78, 5) is 24.3. The summed E-state index contributed by atoms with van der Waals surface area (Å²) in [5.41, 5.74) is 2.91. The van der Waals surface area contributed by atoms with E-state index in [1.54, 1.807) is 19.2 Å². The van der Waals surface area contributed by atoms with Crippen LogP contribution >= 0.6 is 11.8 Å². The van der Waals surface area contributed by atoms with Crippen LogP contribution in [0.5, 0.6) is 5.75 Å². The van der Waals surface area contributed by atoms with Crippen LogP contribution in [0.1, 0.15) is 28.4 Å². The number of carbonyl (C=O) groups excluding carboxylic acids is 1. The number of nitro benzene ring substituents is 1. The van der Waals surface area contributed by atoms with E-state index in [0.717, 1.165) is 23.3 Å². The molecule has 0 atom stereocenters. The Labute approximate surface area is 179 Å². The van der Waals surface area contributed by atoms with Crippen molar-refractivity contribution in [3.63, 3.8) is 0 Å². The Bertz CT molecular complexity index is 1050. The summed E-state index contributed by atoms with van der Waals surface area (Å²) in [6, 6.07) is 19.7. The second kappa shape index (κ2) is 9.93. The molecule has 0 spiro atoms. The van der Waals surface area contributed by atoms with Crippen LogP contribution in [-0.2, 0) is 12.2 Å². The molecular formula is C23H22N2O4S. The van der Waals surface area contributed by atoms with Crippen LogP contribution in [0.4, 0.5) is 11.4 Å². The van der Waals surface area contributed by atoms with Crippen LogP contribution in [-0.4, -0.2) is 17.9 Å². The van der Waals surface area contributed by atoms with E-state index in [-0.39, 0.29) is 17.2 Å². The zero-order valence-electron chi connectivity index (χ0n) is 16.8. The number of carbonyl (C=O) groups is 1. The molecule has 0 aliphatic carbocycles. The predicted molar refractivity (Wildman–Crippen MR) is 119 cm³/mol. The van der Waals surface area contributed by atoms with Gasteiger partial charge < -0.3 is 10.1 Å². The van der Waals surface area contributed by atoms with Crippen LogP contribution in [0.2, 0.25) is 0 Å². The van der Waals surface area contributed by atoms with Crippen LogP contribution in [0.15, 0.2) is 71.6 Å². The van der Waals surface area contributed by atoms with Crippen LogP contribution in [0.25, 0.3) is 0 Å². The second-order valence-electron chi connectivity index (χ2n) is 6.54. The average Bonchev–Trinajstić information content (AvgIpc) is 2.78. The number of nitrogens with one attached hydrogen (secondary N) is 1. The molecule has 0 radical (unpaired) electrons. The molecule has 0 fully saturated rings. The molecule has 0 aliphatic heterocycles. The molecule has 6 nitrogen and oxygen atoms in total. The lowest BCUT2D eigenvalue weighted by molar-refractivity contribution is -0.387. The molecule has 1 amide bonds. The summed E-state index contributed by atoms with van der Waals surface area (Å²) in [5, 5.41) is 14.4. The molecule has 30 heavy (non-hydrogen) atoms. The number of para-hydroxylation sites is 1. The van der Waals surface area contributed by atoms with Crippen molar-refractivity contribution in [2.45, 2.75) is 24.0 Å². The summed E-state index contributed by atoms with van der Waals surface area (Å²) in [7, 11) is 1.60. The molecule has 0 bridgehead atoms. The van der Waals surface area contributed by atoms with Gasteiger partial charge in [0.15, 0.2) is 0 Å². The first kappa shape index (κ1) is 21.4. The van der Waals surface area contributed by atoms with Gasteiger partial charge in [0, 0.05) is 23.1 Å². The van der Waals surface area contributed by atoms with Gasteiger partial charge in [-0.15, -0.1) is 11.8 Å². The molecule has 3 rings (SSSR count). The molecule has 0 saturated heterocycles. The summed E-state index contributed by atoms with van der Waals surface area (Å²) in [6.45, 7) is 2.00. The third kappa shape index (κ3) is 5.18. The molecule has 0 aromatic heterocycles. The normalized spacial score (nSPS) is 10.5. The van der Waals surface area contributed by atoms with Gasteiger partial charge in [0.2, 0.25) is 0 Å². The summed E-state index contributed by atoms with van der Waals surface area (Å²) in [5.74, 6) is 0.959. The van der Waals surface area contributed by atoms with E-state index in [4.69, 9.17) is 4.74 Å². The highest BCUT2D eigenvalue weighted by Gasteiger charge is 2.18. The molecule has 154 valence electrons. The van der Waals surface area contributed by atoms with E-state index in [2.05, 4.69) is 5.32 Å². The highest BCUT2D eigenvalue weighted by molar-refractivity contribution is 7.98. The molecular weight excluding hydrogens is 400 g/mol. The lowest BCUT2D eigenvalue weighted by Crippen LogP contribution is -2.13. The van der Waals surface area contributed by atoms with Crippen LogP contribution in [0.3, 0.4) is 0 Å². The fraction of sp³-hybridized carbons (Fsp3) is 0.174. The Hall–Kier alpha value is -3.32. The molecule has 0 unspecified atom stereocenters. The van der Waals surface area contributed by atoms with Gasteiger partial charge in [0.25, 0.3) is 11.6 Å². The third-order valence-electron chi connectivity index (χ3n) is 4.62. The fourth-order valence-electron chi connectivity index (χ4n) is 2.95. The topological polar surface area (TPSA) is 81.5 Å². The zero-order valence-corrected chi connectivity index (χ0v) is 17.6. The van der Waals surface area contributed by atoms with Gasteiger partial charge in [-0.05, 0) is 47.9 Å². The number of hydrogen-bond donors (Lipinski definition) is 1. The monoisotopic (exact) mass is 422 g/mol. The third-order valence-corrected chi connectivity index (χ3v) is 5.75. The van der Waals surface area contributed by atoms with Gasteiger partial charge >= 0.3 is 0 Å². The first-order valence-corrected chi connectivity index (χ1v) is 10.4. The second-order valence-corrected chi connectivity index (χ2v) is 7.56. The first-order chi connectivity index (χ1) is 14.5. The molecule has 3 aromatic rings. The van der Waals surface area contributed by atoms with E-state index < -0.39 is 4.92 Å². The fourth-order valence-corrected chi connectivity index (χ4v) is 3.91. The predicted octanol–water partition coefficient (Wildman–Crippen LogP) is 5.71. The van der Waals surface area contributed by atoms with E-state index in [9.17, 15) is 14.9 Å². The standard InChI is InChI=1S/C23H22N2O4S/c1-3-17-6-4-5-7-20(17)24-23(26)18-10-13-22(21(14-18)25(27)28)30-15-16-8-11-19(29-2)12-9-16/h4-14H,3,15H2,1-2H3,(H,24,26). The maximum atomic E-state index is 12.7. The number of rotatable bonds is 8. The van der Waals surface area contributed by atoms with Crippen molar-refractivity contribution < 1.29 is 14.5 Å². The van der Waals surface area contributed by atoms with Gasteiger partial charge in [-0.25, -0.2) is 0 Å². The Kier molecular flexibility index (Phi) is 7.08. The first-order valence-electron chi connectivity index (χ1n) is 9.45. The minimum absolute atomic E-state index is 0.0788. The van der Waals surface area contributed by atoms with Gasteiger partial charge in [-0.3, -0.25) is 14.9 Å². The maximum absolute atomic E-state index is 12.7. The van der Waals surface area contributed by atoms with Crippen LogP contribution in [0, 0.1) is 10.1 Å². The number of nitro groups is 1. The molecule has 0 saturated carbocycles. The van der Waals surface area contributed by atoms with E-state index in [1.807, 2.05) is 55.5 Å². The molecule has 7 heteroatoms. The minimum atomic E-state index is -0.451. The van der Waals surface area contributed by atoms with Crippen molar-refractivity contribution in [2.75, 3.05) is 12.4 Å².